The fraction of sp³-hybridized carbons (Fsp3) is 0.845. The van der Waals surface area contributed by atoms with Crippen molar-refractivity contribution in [2.24, 2.45) is 5.92 Å². The Morgan fingerprint density at radius 2 is 1.35 bits per heavy atom. The first-order chi connectivity index (χ1) is 43.4. The Hall–Kier alpha value is -2.99. The molecule has 92 heavy (non-hydrogen) atoms. The van der Waals surface area contributed by atoms with Crippen molar-refractivity contribution in [1.82, 2.24) is 0 Å². The van der Waals surface area contributed by atoms with E-state index in [4.69, 9.17) is 123 Å². The van der Waals surface area contributed by atoms with Gasteiger partial charge in [0.1, 0.15) is 96.2 Å². The molecular weight excluding hydrogens is 1280 g/mol. The molecule has 34 heteroatoms. The minimum atomic E-state index is -2.14. The van der Waals surface area contributed by atoms with E-state index in [-0.39, 0.29) is 49.9 Å². The van der Waals surface area contributed by atoms with E-state index in [9.17, 15) is 55.2 Å². The number of aliphatic hydroxyl groups is 6. The standard InChI is InChI=1S/C58H82Cl2O32/c1-19(2)50(69)84-46-44-29(89-58(90-44)49-48(75-18-76-49)56(71,17-61)25(8)88-58)16-74-54(46)86-52-38(67)37(66)43(28(80-52)15-72-10)85-53-39(68)45(42(73-11)22(5)79-53)82-31-14-55(9)47(24(7)78-31)91-57(92-55)13-27(63)41(23(6)87-57)81-30-12-26(62)40(21(4)77-30)83-51(70)32-20(3)33(59)36(65)34(60)35(32)64/h17,19,21-31,37-49,52-54,62-68,71H,12-16,18H2,1-11H3/t21-,22-,23-,24-,25-,26-,27-,28-,29+,30+,31+,37-,38+,39-,40-,41-,42+,43-,44-,45-,46-,47-,48-,49-,52+,53+,54-,55-,56+,57?,58-/m1/s1. The number of halogens is 2. The third-order valence-corrected chi connectivity index (χ3v) is 19.5. The molecule has 31 atom stereocenters. The van der Waals surface area contributed by atoms with Crippen molar-refractivity contribution in [3.05, 3.63) is 21.2 Å². The number of ether oxygens (including phenoxy) is 21. The summed E-state index contributed by atoms with van der Waals surface area (Å²) in [6, 6.07) is 0. The number of hydrogen-bond acceptors (Lipinski definition) is 32. The predicted octanol–water partition coefficient (Wildman–Crippen LogP) is -0.295. The number of fused-ring (bicyclic) bond motifs is 4. The molecule has 32 nitrogen and oxygen atoms in total. The van der Waals surface area contributed by atoms with Gasteiger partial charge in [0.25, 0.3) is 5.97 Å². The van der Waals surface area contributed by atoms with Crippen LogP contribution in [0.1, 0.15) is 90.6 Å². The molecule has 0 aromatic heterocycles. The Morgan fingerprint density at radius 3 is 2.02 bits per heavy atom. The first-order valence-electron chi connectivity index (χ1n) is 30.5. The van der Waals surface area contributed by atoms with Gasteiger partial charge in [-0.3, -0.25) is 9.59 Å². The Labute approximate surface area is 537 Å². The molecule has 520 valence electrons. The molecule has 0 amide bonds. The highest BCUT2D eigenvalue weighted by molar-refractivity contribution is 6.39. The van der Waals surface area contributed by atoms with E-state index >= 15 is 0 Å². The molecule has 10 aliphatic rings. The highest BCUT2D eigenvalue weighted by Gasteiger charge is 2.72. The van der Waals surface area contributed by atoms with Gasteiger partial charge in [-0.15, -0.1) is 0 Å². The Morgan fingerprint density at radius 1 is 0.663 bits per heavy atom. The fourth-order valence-corrected chi connectivity index (χ4v) is 14.3. The third-order valence-electron chi connectivity index (χ3n) is 18.6. The van der Waals surface area contributed by atoms with Gasteiger partial charge in [-0.05, 0) is 54.0 Å². The molecule has 1 unspecified atom stereocenters. The number of aldehydes is 1. The lowest BCUT2D eigenvalue weighted by atomic mass is 9.85. The molecule has 1 aromatic carbocycles. The van der Waals surface area contributed by atoms with Gasteiger partial charge < -0.3 is 140 Å². The molecule has 0 radical (unpaired) electrons. The zero-order chi connectivity index (χ0) is 66.6. The number of carbonyl (C=O) groups excluding carboxylic acids is 3. The van der Waals surface area contributed by atoms with Crippen LogP contribution in [0.4, 0.5) is 0 Å². The van der Waals surface area contributed by atoms with Crippen LogP contribution in [0.25, 0.3) is 0 Å². The van der Waals surface area contributed by atoms with Gasteiger partial charge >= 0.3 is 17.9 Å². The summed E-state index contributed by atoms with van der Waals surface area (Å²) in [4.78, 5) is 38.8. The fourth-order valence-electron chi connectivity index (χ4n) is 13.8. The SMILES string of the molecule is COC[C@H]1O[C@@H](O[C@H]2OC[C@@H]3O[C@]4(O[C@H]3[C@H]2OC(=O)C(C)C)O[C@H](C)[C@@](O)(C=O)[C@@H]2OCO[C@H]24)[C@@H](O)[C@@H](O)[C@@H]1O[C@@H]1O[C@H](C)[C@H](OC)[C@H](O[C@H]2C[C@@]3(C)OC4(C[C@@H](O)[C@H](O[C@H]5C[C@@H](O)[C@H](OC(=O)c6c(C)c(Cl)c(O)c(Cl)c6O)[C@@H](C)O5)[C@@H](C)O4)O[C@@H]3[C@@H](C)O2)[C@H]1O. The Kier molecular flexibility index (Phi) is 20.7. The summed E-state index contributed by atoms with van der Waals surface area (Å²) in [5.41, 5.74) is -3.78. The summed E-state index contributed by atoms with van der Waals surface area (Å²) in [6.45, 7) is 13.3. The highest BCUT2D eigenvalue weighted by Crippen LogP contribution is 2.53. The summed E-state index contributed by atoms with van der Waals surface area (Å²) in [7, 11) is 2.74. The maximum Gasteiger partial charge on any atom is 0.342 e. The molecule has 0 bridgehead atoms. The van der Waals surface area contributed by atoms with E-state index in [2.05, 4.69) is 0 Å². The summed E-state index contributed by atoms with van der Waals surface area (Å²) >= 11 is 12.1. The van der Waals surface area contributed by atoms with Crippen LogP contribution in [0.3, 0.4) is 0 Å². The number of esters is 2. The number of aliphatic hydroxyl groups excluding tert-OH is 5. The van der Waals surface area contributed by atoms with Gasteiger partial charge in [-0.25, -0.2) is 4.79 Å². The zero-order valence-corrected chi connectivity index (χ0v) is 53.6. The van der Waals surface area contributed by atoms with Gasteiger partial charge in [-0.1, -0.05) is 37.0 Å². The summed E-state index contributed by atoms with van der Waals surface area (Å²) < 4.78 is 129. The average molecular weight is 1360 g/mol. The number of phenolic OH excluding ortho intramolecular Hbond substituents is 2. The largest absolute Gasteiger partial charge is 0.505 e. The molecule has 0 saturated carbocycles. The number of hydrogen-bond donors (Lipinski definition) is 8. The molecular formula is C58H82Cl2O32. The van der Waals surface area contributed by atoms with Crippen LogP contribution in [0.2, 0.25) is 10.0 Å². The Balaban J connectivity index is 0.714. The van der Waals surface area contributed by atoms with Crippen LogP contribution in [0.15, 0.2) is 0 Å². The zero-order valence-electron chi connectivity index (χ0n) is 52.1. The van der Waals surface area contributed by atoms with Crippen molar-refractivity contribution in [2.75, 3.05) is 34.2 Å². The quantitative estimate of drug-likeness (QED) is 0.0778. The van der Waals surface area contributed by atoms with E-state index in [0.29, 0.717) is 6.29 Å². The van der Waals surface area contributed by atoms with Crippen molar-refractivity contribution in [3.8, 4) is 11.5 Å². The maximum atomic E-state index is 13.3. The van der Waals surface area contributed by atoms with Crippen molar-refractivity contribution < 1.29 is 155 Å². The molecule has 2 spiro atoms. The second-order valence-corrected chi connectivity index (χ2v) is 26.2. The normalized spacial score (nSPS) is 48.5. The number of carbonyl (C=O) groups is 3. The first-order valence-corrected chi connectivity index (χ1v) is 31.3. The Bertz CT molecular complexity index is 2770. The third kappa shape index (κ3) is 12.7. The van der Waals surface area contributed by atoms with Crippen molar-refractivity contribution >= 4 is 41.4 Å². The molecule has 0 aliphatic carbocycles. The predicted molar refractivity (Wildman–Crippen MR) is 298 cm³/mol. The van der Waals surface area contributed by atoms with Crippen LogP contribution >= 0.6 is 23.2 Å². The minimum Gasteiger partial charge on any atom is -0.505 e. The van der Waals surface area contributed by atoms with E-state index in [1.54, 1.807) is 41.5 Å². The van der Waals surface area contributed by atoms with E-state index in [1.807, 2.05) is 0 Å². The highest BCUT2D eigenvalue weighted by atomic mass is 35.5. The smallest absolute Gasteiger partial charge is 0.342 e. The molecule has 10 heterocycles. The lowest BCUT2D eigenvalue weighted by molar-refractivity contribution is -0.428. The number of aromatic hydroxyl groups is 2. The summed E-state index contributed by atoms with van der Waals surface area (Å²) in [5.74, 6) is -7.76. The summed E-state index contributed by atoms with van der Waals surface area (Å²) in [5, 5.41) is 89.9. The molecule has 11 rings (SSSR count). The van der Waals surface area contributed by atoms with Gasteiger partial charge in [-0.2, -0.15) is 0 Å². The monoisotopic (exact) mass is 1360 g/mol. The van der Waals surface area contributed by atoms with Crippen LogP contribution in [0.5, 0.6) is 11.5 Å². The van der Waals surface area contributed by atoms with E-state index < -0.39 is 229 Å². The average Bonchev–Trinajstić information content (AvgIpc) is 1.54. The van der Waals surface area contributed by atoms with E-state index in [0.717, 1.165) is 0 Å². The molecule has 1 aromatic rings. The number of phenols is 2. The van der Waals surface area contributed by atoms with Crippen molar-refractivity contribution in [3.63, 3.8) is 0 Å². The molecule has 10 fully saturated rings. The van der Waals surface area contributed by atoms with Gasteiger partial charge in [0.05, 0.1) is 73.3 Å². The second-order valence-electron chi connectivity index (χ2n) is 25.5. The minimum absolute atomic E-state index is 0.0100. The van der Waals surface area contributed by atoms with E-state index in [1.165, 1.54) is 35.0 Å². The second kappa shape index (κ2) is 27.0. The van der Waals surface area contributed by atoms with Crippen LogP contribution in [-0.2, 0) is 109 Å². The number of benzene rings is 1. The van der Waals surface area contributed by atoms with Crippen LogP contribution < -0.4 is 0 Å². The van der Waals surface area contributed by atoms with Crippen molar-refractivity contribution in [1.29, 1.82) is 0 Å². The van der Waals surface area contributed by atoms with Crippen LogP contribution in [-0.4, -0.2) is 282 Å². The molecule has 8 N–H and O–H groups in total. The lowest BCUT2D eigenvalue weighted by Gasteiger charge is -2.49. The first kappa shape index (κ1) is 70.3. The maximum absolute atomic E-state index is 13.3. The molecule has 10 saturated heterocycles. The lowest BCUT2D eigenvalue weighted by Crippen LogP contribution is -2.70. The van der Waals surface area contributed by atoms with Crippen molar-refractivity contribution in [2.45, 2.75) is 270 Å². The van der Waals surface area contributed by atoms with Gasteiger partial charge in [0, 0.05) is 27.1 Å². The summed E-state index contributed by atoms with van der Waals surface area (Å²) in [6.07, 6.45) is -34.6. The van der Waals surface area contributed by atoms with Crippen LogP contribution in [0, 0.1) is 12.8 Å². The number of methoxy groups -OCH3 is 2. The van der Waals surface area contributed by atoms with Gasteiger partial charge in [0.15, 0.2) is 66.9 Å². The topological polar surface area (TPSA) is 407 Å². The van der Waals surface area contributed by atoms with Gasteiger partial charge in [0.2, 0.25) is 6.29 Å². The number of rotatable bonds is 16. The molecule has 10 aliphatic heterocycles.